The van der Waals surface area contributed by atoms with Gasteiger partial charge in [0.1, 0.15) is 0 Å². The molecule has 144 valence electrons. The average Bonchev–Trinajstić information content (AvgIpc) is 2.68. The molecule has 5 heteroatoms. The second-order valence-electron chi connectivity index (χ2n) is 7.07. The van der Waals surface area contributed by atoms with Crippen LogP contribution < -0.4 is 14.8 Å². The van der Waals surface area contributed by atoms with Gasteiger partial charge in [-0.2, -0.15) is 0 Å². The highest BCUT2D eigenvalue weighted by molar-refractivity contribution is 5.78. The molecule has 2 aromatic carbocycles. The molecule has 0 saturated heterocycles. The number of likely N-dealkylation sites (N-methyl/N-ethyl adjacent to an activating group) is 1. The third-order valence-electron chi connectivity index (χ3n) is 5.02. The fourth-order valence-corrected chi connectivity index (χ4v) is 3.74. The van der Waals surface area contributed by atoms with Crippen LogP contribution in [0.1, 0.15) is 35.6 Å². The Labute approximate surface area is 161 Å². The molecule has 1 N–H and O–H groups in total. The molecule has 1 aliphatic carbocycles. The average molecular weight is 368 g/mol. The highest BCUT2D eigenvalue weighted by atomic mass is 16.5. The molecule has 27 heavy (non-hydrogen) atoms. The van der Waals surface area contributed by atoms with E-state index in [9.17, 15) is 4.79 Å². The van der Waals surface area contributed by atoms with Gasteiger partial charge in [0, 0.05) is 6.54 Å². The van der Waals surface area contributed by atoms with Crippen molar-refractivity contribution in [1.82, 2.24) is 10.2 Å². The quantitative estimate of drug-likeness (QED) is 0.814. The van der Waals surface area contributed by atoms with Crippen LogP contribution in [0.5, 0.6) is 11.5 Å². The summed E-state index contributed by atoms with van der Waals surface area (Å²) in [7, 11) is 5.20. The zero-order valence-corrected chi connectivity index (χ0v) is 16.3. The van der Waals surface area contributed by atoms with Crippen LogP contribution in [0.25, 0.3) is 0 Å². The van der Waals surface area contributed by atoms with Gasteiger partial charge in [0.2, 0.25) is 5.91 Å². The molecule has 0 bridgehead atoms. The maximum absolute atomic E-state index is 12.5. The molecule has 1 amide bonds. The van der Waals surface area contributed by atoms with Crippen LogP contribution in [0.2, 0.25) is 0 Å². The van der Waals surface area contributed by atoms with Gasteiger partial charge in [-0.05, 0) is 55.1 Å². The number of rotatable bonds is 7. The zero-order valence-electron chi connectivity index (χ0n) is 16.3. The number of carbonyl (C=O) groups excluding carboxylic acids is 1. The van der Waals surface area contributed by atoms with Crippen molar-refractivity contribution < 1.29 is 14.3 Å². The monoisotopic (exact) mass is 368 g/mol. The number of aryl methyl sites for hydroxylation is 1. The summed E-state index contributed by atoms with van der Waals surface area (Å²) in [5.74, 6) is 1.46. The van der Waals surface area contributed by atoms with Crippen LogP contribution in [0.15, 0.2) is 42.5 Å². The van der Waals surface area contributed by atoms with Gasteiger partial charge in [0.15, 0.2) is 11.5 Å². The minimum Gasteiger partial charge on any atom is -0.493 e. The molecular weight excluding hydrogens is 340 g/mol. The summed E-state index contributed by atoms with van der Waals surface area (Å²) in [6.07, 6.45) is 3.22. The predicted octanol–water partition coefficient (Wildman–Crippen LogP) is 3.33. The number of benzene rings is 2. The van der Waals surface area contributed by atoms with Crippen molar-refractivity contribution in [2.75, 3.05) is 27.8 Å². The van der Waals surface area contributed by atoms with E-state index >= 15 is 0 Å². The summed E-state index contributed by atoms with van der Waals surface area (Å²) in [6.45, 7) is 1.02. The standard InChI is InChI=1S/C22H28N2O3/c1-24(14-16-11-12-20(26-2)21(13-16)27-3)15-22(25)23-19-10-6-8-17-7-4-5-9-18(17)19/h4-5,7,9,11-13,19H,6,8,10,14-15H2,1-3H3,(H,23,25)/t19-/m1/s1. The van der Waals surface area contributed by atoms with Crippen LogP contribution >= 0.6 is 0 Å². The number of nitrogens with zero attached hydrogens (tertiary/aromatic N) is 1. The van der Waals surface area contributed by atoms with Crippen LogP contribution in [0.3, 0.4) is 0 Å². The fourth-order valence-electron chi connectivity index (χ4n) is 3.74. The first-order valence-corrected chi connectivity index (χ1v) is 9.37. The van der Waals surface area contributed by atoms with Crippen molar-refractivity contribution >= 4 is 5.91 Å². The minimum absolute atomic E-state index is 0.0553. The maximum atomic E-state index is 12.5. The molecule has 1 aliphatic rings. The van der Waals surface area contributed by atoms with Crippen molar-refractivity contribution in [3.8, 4) is 11.5 Å². The van der Waals surface area contributed by atoms with Gasteiger partial charge < -0.3 is 14.8 Å². The zero-order chi connectivity index (χ0) is 19.2. The molecule has 0 spiro atoms. The summed E-state index contributed by atoms with van der Waals surface area (Å²) in [6, 6.07) is 14.4. The van der Waals surface area contributed by atoms with Gasteiger partial charge in [-0.1, -0.05) is 30.3 Å². The van der Waals surface area contributed by atoms with Gasteiger partial charge in [-0.25, -0.2) is 0 Å². The van der Waals surface area contributed by atoms with E-state index in [1.165, 1.54) is 11.1 Å². The lowest BCUT2D eigenvalue weighted by molar-refractivity contribution is -0.122. The minimum atomic E-state index is 0.0553. The van der Waals surface area contributed by atoms with Crippen LogP contribution in [-0.2, 0) is 17.8 Å². The molecular formula is C22H28N2O3. The lowest BCUT2D eigenvalue weighted by Crippen LogP contribution is -2.38. The maximum Gasteiger partial charge on any atom is 0.234 e. The van der Waals surface area contributed by atoms with E-state index in [2.05, 4.69) is 23.5 Å². The molecule has 0 fully saturated rings. The van der Waals surface area contributed by atoms with Crippen molar-refractivity contribution in [1.29, 1.82) is 0 Å². The van der Waals surface area contributed by atoms with Gasteiger partial charge in [0.25, 0.3) is 0 Å². The largest absolute Gasteiger partial charge is 0.493 e. The molecule has 5 nitrogen and oxygen atoms in total. The van der Waals surface area contributed by atoms with E-state index in [0.717, 1.165) is 24.8 Å². The highest BCUT2D eigenvalue weighted by Gasteiger charge is 2.21. The molecule has 0 saturated carbocycles. The molecule has 0 aromatic heterocycles. The summed E-state index contributed by atoms with van der Waals surface area (Å²) in [4.78, 5) is 14.6. The third kappa shape index (κ3) is 4.80. The van der Waals surface area contributed by atoms with Crippen molar-refractivity contribution in [2.45, 2.75) is 31.8 Å². The van der Waals surface area contributed by atoms with Crippen LogP contribution in [0.4, 0.5) is 0 Å². The Balaban J connectivity index is 1.57. The van der Waals surface area contributed by atoms with Gasteiger partial charge in [0.05, 0.1) is 26.8 Å². The van der Waals surface area contributed by atoms with Crippen molar-refractivity contribution in [3.05, 3.63) is 59.2 Å². The van der Waals surface area contributed by atoms with E-state index in [1.807, 2.05) is 36.2 Å². The number of hydrogen-bond acceptors (Lipinski definition) is 4. The summed E-state index contributed by atoms with van der Waals surface area (Å²) >= 11 is 0. The Kier molecular flexibility index (Phi) is 6.35. The van der Waals surface area contributed by atoms with Crippen LogP contribution in [0, 0.1) is 0 Å². The smallest absolute Gasteiger partial charge is 0.234 e. The Morgan fingerprint density at radius 3 is 2.70 bits per heavy atom. The fraction of sp³-hybridized carbons (Fsp3) is 0.409. The molecule has 0 heterocycles. The molecule has 0 unspecified atom stereocenters. The number of ether oxygens (including phenoxy) is 2. The van der Waals surface area contributed by atoms with E-state index in [-0.39, 0.29) is 11.9 Å². The molecule has 0 aliphatic heterocycles. The SMILES string of the molecule is COc1ccc(CN(C)CC(=O)N[C@@H]2CCCc3ccccc32)cc1OC. The Morgan fingerprint density at radius 2 is 1.93 bits per heavy atom. The summed E-state index contributed by atoms with van der Waals surface area (Å²) in [5.41, 5.74) is 3.69. The number of fused-ring (bicyclic) bond motifs is 1. The second kappa shape index (κ2) is 8.91. The normalized spacial score (nSPS) is 15.9. The van der Waals surface area contributed by atoms with Gasteiger partial charge in [-0.15, -0.1) is 0 Å². The number of methoxy groups -OCH3 is 2. The number of hydrogen-bond donors (Lipinski definition) is 1. The lowest BCUT2D eigenvalue weighted by atomic mass is 9.88. The van der Waals surface area contributed by atoms with E-state index in [4.69, 9.17) is 9.47 Å². The van der Waals surface area contributed by atoms with Gasteiger partial charge in [-0.3, -0.25) is 9.69 Å². The first kappa shape index (κ1) is 19.2. The predicted molar refractivity (Wildman–Crippen MR) is 106 cm³/mol. The third-order valence-corrected chi connectivity index (χ3v) is 5.02. The number of carbonyl (C=O) groups is 1. The molecule has 0 radical (unpaired) electrons. The Morgan fingerprint density at radius 1 is 1.15 bits per heavy atom. The van der Waals surface area contributed by atoms with E-state index in [1.54, 1.807) is 14.2 Å². The highest BCUT2D eigenvalue weighted by Crippen LogP contribution is 2.30. The van der Waals surface area contributed by atoms with Crippen molar-refractivity contribution in [3.63, 3.8) is 0 Å². The Hall–Kier alpha value is -2.53. The first-order chi connectivity index (χ1) is 13.1. The lowest BCUT2D eigenvalue weighted by Gasteiger charge is -2.27. The molecule has 2 aromatic rings. The topological polar surface area (TPSA) is 50.8 Å². The molecule has 1 atom stereocenters. The molecule has 3 rings (SSSR count). The van der Waals surface area contributed by atoms with Gasteiger partial charge >= 0.3 is 0 Å². The summed E-state index contributed by atoms with van der Waals surface area (Å²) < 4.78 is 10.6. The van der Waals surface area contributed by atoms with Crippen LogP contribution in [-0.4, -0.2) is 38.6 Å². The Bertz CT molecular complexity index is 791. The first-order valence-electron chi connectivity index (χ1n) is 9.37. The van der Waals surface area contributed by atoms with Crippen molar-refractivity contribution in [2.24, 2.45) is 0 Å². The number of nitrogens with one attached hydrogen (secondary N) is 1. The van der Waals surface area contributed by atoms with E-state index in [0.29, 0.717) is 24.6 Å². The number of amides is 1. The summed E-state index contributed by atoms with van der Waals surface area (Å²) in [5, 5.41) is 3.21. The second-order valence-corrected chi connectivity index (χ2v) is 7.07. The van der Waals surface area contributed by atoms with E-state index < -0.39 is 0 Å².